The quantitative estimate of drug-likeness (QED) is 0.854. The molecular formula is C18H17BrN2O. The molecular weight excluding hydrogens is 340 g/mol. The lowest BCUT2D eigenvalue weighted by Crippen LogP contribution is -2.14. The molecule has 112 valence electrons. The Kier molecular flexibility index (Phi) is 4.12. The molecule has 0 spiro atoms. The van der Waals surface area contributed by atoms with Crippen LogP contribution in [0.4, 0.5) is 11.4 Å². The second-order valence-electron chi connectivity index (χ2n) is 5.24. The van der Waals surface area contributed by atoms with Crippen LogP contribution in [0.2, 0.25) is 0 Å². The van der Waals surface area contributed by atoms with Gasteiger partial charge in [0.1, 0.15) is 5.71 Å². The van der Waals surface area contributed by atoms with E-state index in [1.807, 2.05) is 36.4 Å². The van der Waals surface area contributed by atoms with E-state index < -0.39 is 0 Å². The Morgan fingerprint density at radius 3 is 2.55 bits per heavy atom. The van der Waals surface area contributed by atoms with Crippen molar-refractivity contribution in [1.29, 1.82) is 0 Å². The van der Waals surface area contributed by atoms with E-state index in [2.05, 4.69) is 40.1 Å². The maximum Gasteiger partial charge on any atom is 0.275 e. The molecule has 0 aromatic heterocycles. The van der Waals surface area contributed by atoms with E-state index >= 15 is 0 Å². The number of carbonyl (C=O) groups is 1. The first-order valence-corrected chi connectivity index (χ1v) is 8.24. The van der Waals surface area contributed by atoms with Crippen LogP contribution in [0, 0.1) is 0 Å². The minimum absolute atomic E-state index is 0.131. The zero-order valence-corrected chi connectivity index (χ0v) is 14.2. The second-order valence-corrected chi connectivity index (χ2v) is 6.15. The van der Waals surface area contributed by atoms with Crippen molar-refractivity contribution in [1.82, 2.24) is 0 Å². The van der Waals surface area contributed by atoms with Gasteiger partial charge in [-0.25, -0.2) is 4.99 Å². The van der Waals surface area contributed by atoms with Gasteiger partial charge in [0.2, 0.25) is 0 Å². The zero-order chi connectivity index (χ0) is 15.7. The van der Waals surface area contributed by atoms with Gasteiger partial charge in [-0.2, -0.15) is 0 Å². The Labute approximate surface area is 138 Å². The van der Waals surface area contributed by atoms with Crippen LogP contribution in [-0.4, -0.2) is 11.6 Å². The standard InChI is InChI=1S/C18H17BrN2O/c1-3-11-7-5-6-8-15(11)20-17-14-10-13(19)9-12(4-2)16(14)21-18(17)22/h5-10H,3-4H2,1-2H3,(H,20,21,22). The fourth-order valence-electron chi connectivity index (χ4n) is 2.72. The lowest BCUT2D eigenvalue weighted by Gasteiger charge is -2.06. The van der Waals surface area contributed by atoms with Crippen LogP contribution in [0.3, 0.4) is 0 Å². The number of halogens is 1. The molecule has 1 amide bonds. The predicted octanol–water partition coefficient (Wildman–Crippen LogP) is 4.65. The van der Waals surface area contributed by atoms with Gasteiger partial charge >= 0.3 is 0 Å². The van der Waals surface area contributed by atoms with E-state index in [0.717, 1.165) is 45.4 Å². The lowest BCUT2D eigenvalue weighted by atomic mass is 10.0. The minimum atomic E-state index is -0.131. The van der Waals surface area contributed by atoms with Gasteiger partial charge in [-0.05, 0) is 42.2 Å². The molecule has 0 aliphatic carbocycles. The van der Waals surface area contributed by atoms with Crippen LogP contribution in [0.25, 0.3) is 0 Å². The van der Waals surface area contributed by atoms with E-state index in [1.165, 1.54) is 0 Å². The normalized spacial score (nSPS) is 15.0. The van der Waals surface area contributed by atoms with Gasteiger partial charge in [0.05, 0.1) is 11.4 Å². The average molecular weight is 357 g/mol. The summed E-state index contributed by atoms with van der Waals surface area (Å²) in [4.78, 5) is 17.0. The summed E-state index contributed by atoms with van der Waals surface area (Å²) in [6, 6.07) is 11.9. The van der Waals surface area contributed by atoms with Gasteiger partial charge < -0.3 is 5.32 Å². The monoisotopic (exact) mass is 356 g/mol. The third kappa shape index (κ3) is 2.59. The number of hydrogen-bond donors (Lipinski definition) is 1. The van der Waals surface area contributed by atoms with Crippen molar-refractivity contribution < 1.29 is 4.79 Å². The predicted molar refractivity (Wildman–Crippen MR) is 94.2 cm³/mol. The van der Waals surface area contributed by atoms with Gasteiger partial charge in [-0.3, -0.25) is 4.79 Å². The highest BCUT2D eigenvalue weighted by Crippen LogP contribution is 2.33. The second kappa shape index (κ2) is 6.05. The number of nitrogens with zero attached hydrogens (tertiary/aromatic N) is 1. The smallest absolute Gasteiger partial charge is 0.275 e. The molecule has 0 radical (unpaired) electrons. The van der Waals surface area contributed by atoms with Crippen LogP contribution in [0.1, 0.15) is 30.5 Å². The minimum Gasteiger partial charge on any atom is -0.320 e. The number of hydrogen-bond acceptors (Lipinski definition) is 2. The van der Waals surface area contributed by atoms with E-state index in [1.54, 1.807) is 0 Å². The van der Waals surface area contributed by atoms with Crippen molar-refractivity contribution in [3.8, 4) is 0 Å². The van der Waals surface area contributed by atoms with E-state index in [0.29, 0.717) is 5.71 Å². The summed E-state index contributed by atoms with van der Waals surface area (Å²) < 4.78 is 0.969. The van der Waals surface area contributed by atoms with Gasteiger partial charge in [0.25, 0.3) is 5.91 Å². The maximum atomic E-state index is 12.4. The van der Waals surface area contributed by atoms with Gasteiger partial charge in [0.15, 0.2) is 0 Å². The Morgan fingerprint density at radius 2 is 1.82 bits per heavy atom. The number of aliphatic imine (C=N–C) groups is 1. The number of benzene rings is 2. The summed E-state index contributed by atoms with van der Waals surface area (Å²) in [5.41, 5.74) is 5.38. The van der Waals surface area contributed by atoms with Crippen LogP contribution >= 0.6 is 15.9 Å². The van der Waals surface area contributed by atoms with Crippen molar-refractivity contribution in [2.45, 2.75) is 26.7 Å². The number of rotatable bonds is 3. The summed E-state index contributed by atoms with van der Waals surface area (Å²) >= 11 is 3.52. The number of amides is 1. The molecule has 0 fully saturated rings. The highest BCUT2D eigenvalue weighted by atomic mass is 79.9. The molecule has 1 N–H and O–H groups in total. The molecule has 3 nitrogen and oxygen atoms in total. The van der Waals surface area contributed by atoms with Gasteiger partial charge in [0, 0.05) is 10.0 Å². The van der Waals surface area contributed by atoms with E-state index in [-0.39, 0.29) is 5.91 Å². The molecule has 3 rings (SSSR count). The molecule has 2 aromatic rings. The molecule has 2 aromatic carbocycles. The Hall–Kier alpha value is -1.94. The molecule has 0 saturated carbocycles. The van der Waals surface area contributed by atoms with E-state index in [4.69, 9.17) is 0 Å². The van der Waals surface area contributed by atoms with Crippen molar-refractivity contribution in [3.05, 3.63) is 57.6 Å². The van der Waals surface area contributed by atoms with Gasteiger partial charge in [-0.15, -0.1) is 0 Å². The Bertz CT molecular complexity index is 781. The fourth-order valence-corrected chi connectivity index (χ4v) is 3.23. The third-order valence-corrected chi connectivity index (χ3v) is 4.34. The SMILES string of the molecule is CCc1ccccc1N=C1C(=O)Nc2c(CC)cc(Br)cc21. The van der Waals surface area contributed by atoms with Gasteiger partial charge in [-0.1, -0.05) is 48.0 Å². The van der Waals surface area contributed by atoms with Crippen LogP contribution in [0.15, 0.2) is 45.9 Å². The molecule has 1 aliphatic rings. The molecule has 22 heavy (non-hydrogen) atoms. The van der Waals surface area contributed by atoms with Crippen molar-refractivity contribution in [2.75, 3.05) is 5.32 Å². The summed E-state index contributed by atoms with van der Waals surface area (Å²) in [5, 5.41) is 2.96. The molecule has 4 heteroatoms. The highest BCUT2D eigenvalue weighted by molar-refractivity contribution is 9.10. The largest absolute Gasteiger partial charge is 0.320 e. The summed E-state index contributed by atoms with van der Waals surface area (Å²) in [5.74, 6) is -0.131. The first-order valence-electron chi connectivity index (χ1n) is 7.44. The van der Waals surface area contributed by atoms with Crippen LogP contribution in [-0.2, 0) is 17.6 Å². The Balaban J connectivity index is 2.16. The van der Waals surface area contributed by atoms with Crippen molar-refractivity contribution >= 4 is 38.9 Å². The van der Waals surface area contributed by atoms with Crippen molar-refractivity contribution in [3.63, 3.8) is 0 Å². The highest BCUT2D eigenvalue weighted by Gasteiger charge is 2.28. The molecule has 0 bridgehead atoms. The molecule has 1 aliphatic heterocycles. The fraction of sp³-hybridized carbons (Fsp3) is 0.222. The summed E-state index contributed by atoms with van der Waals surface area (Å²) in [7, 11) is 0. The van der Waals surface area contributed by atoms with Crippen LogP contribution in [0.5, 0.6) is 0 Å². The molecule has 1 heterocycles. The maximum absolute atomic E-state index is 12.4. The Morgan fingerprint density at radius 1 is 1.09 bits per heavy atom. The number of fused-ring (bicyclic) bond motifs is 1. The summed E-state index contributed by atoms with van der Waals surface area (Å²) in [6.45, 7) is 4.17. The summed E-state index contributed by atoms with van der Waals surface area (Å²) in [6.07, 6.45) is 1.75. The molecule has 0 unspecified atom stereocenters. The number of nitrogens with one attached hydrogen (secondary N) is 1. The topological polar surface area (TPSA) is 41.5 Å². The number of para-hydroxylation sites is 1. The number of anilines is 1. The average Bonchev–Trinajstić information content (AvgIpc) is 2.83. The van der Waals surface area contributed by atoms with E-state index in [9.17, 15) is 4.79 Å². The zero-order valence-electron chi connectivity index (χ0n) is 12.6. The first-order chi connectivity index (χ1) is 10.6. The van der Waals surface area contributed by atoms with Crippen LogP contribution < -0.4 is 5.32 Å². The number of aryl methyl sites for hydroxylation is 2. The molecule has 0 saturated heterocycles. The lowest BCUT2D eigenvalue weighted by molar-refractivity contribution is -0.110. The third-order valence-electron chi connectivity index (χ3n) is 3.88. The van der Waals surface area contributed by atoms with Crippen molar-refractivity contribution in [2.24, 2.45) is 4.99 Å². The molecule has 0 atom stereocenters. The number of carbonyl (C=O) groups excluding carboxylic acids is 1. The first kappa shape index (κ1) is 15.0.